The van der Waals surface area contributed by atoms with E-state index in [0.29, 0.717) is 0 Å². The van der Waals surface area contributed by atoms with Gasteiger partial charge in [-0.1, -0.05) is 12.1 Å². The molecule has 0 aliphatic carbocycles. The van der Waals surface area contributed by atoms with E-state index in [1.54, 1.807) is 0 Å². The Morgan fingerprint density at radius 1 is 1.33 bits per heavy atom. The highest BCUT2D eigenvalue weighted by atomic mass is 32.2. The fourth-order valence-corrected chi connectivity index (χ4v) is 4.22. The Bertz CT molecular complexity index is 696. The minimum absolute atomic E-state index is 0.0923. The van der Waals surface area contributed by atoms with Gasteiger partial charge in [-0.25, -0.2) is 13.2 Å². The second kappa shape index (κ2) is 5.12. The van der Waals surface area contributed by atoms with E-state index < -0.39 is 27.4 Å². The second-order valence-electron chi connectivity index (χ2n) is 5.19. The minimum Gasteiger partial charge on any atom is -0.478 e. The maximum absolute atomic E-state index is 12.8. The Kier molecular flexibility index (Phi) is 3.77. The van der Waals surface area contributed by atoms with Crippen LogP contribution in [0.3, 0.4) is 0 Å². The molecule has 0 saturated carbocycles. The molecule has 1 amide bonds. The molecule has 1 fully saturated rings. The van der Waals surface area contributed by atoms with Gasteiger partial charge in [0.1, 0.15) is 5.54 Å². The van der Waals surface area contributed by atoms with E-state index in [1.807, 2.05) is 0 Å². The van der Waals surface area contributed by atoms with Crippen LogP contribution in [0.5, 0.6) is 0 Å². The number of benzene rings is 1. The van der Waals surface area contributed by atoms with Crippen LogP contribution >= 0.6 is 0 Å². The number of piperazine rings is 1. The molecule has 114 valence electrons. The lowest BCUT2D eigenvalue weighted by Crippen LogP contribution is -2.63. The van der Waals surface area contributed by atoms with Crippen molar-refractivity contribution in [3.8, 4) is 0 Å². The number of aromatic carboxylic acids is 1. The van der Waals surface area contributed by atoms with Gasteiger partial charge in [-0.2, -0.15) is 4.31 Å². The van der Waals surface area contributed by atoms with E-state index in [1.165, 1.54) is 38.1 Å². The first-order valence-electron chi connectivity index (χ1n) is 6.32. The van der Waals surface area contributed by atoms with Crippen molar-refractivity contribution in [1.29, 1.82) is 0 Å². The predicted molar refractivity (Wildman–Crippen MR) is 74.4 cm³/mol. The van der Waals surface area contributed by atoms with Crippen LogP contribution < -0.4 is 5.32 Å². The molecule has 0 radical (unpaired) electrons. The molecule has 0 bridgehead atoms. The Morgan fingerprint density at radius 2 is 1.95 bits per heavy atom. The lowest BCUT2D eigenvalue weighted by atomic mass is 10.0. The minimum atomic E-state index is -4.09. The molecule has 1 aromatic rings. The highest BCUT2D eigenvalue weighted by Gasteiger charge is 2.45. The predicted octanol–water partition coefficient (Wildman–Crippen LogP) is 0.284. The summed E-state index contributed by atoms with van der Waals surface area (Å²) in [6.07, 6.45) is 0. The Balaban J connectivity index is 2.58. The number of carboxylic acids is 1. The SMILES string of the molecule is CC1(C)C(=O)NCCN1S(=O)(=O)c1ccccc1C(=O)O. The third kappa shape index (κ3) is 2.52. The third-order valence-electron chi connectivity index (χ3n) is 3.47. The van der Waals surface area contributed by atoms with Crippen LogP contribution in [0.2, 0.25) is 0 Å². The number of carbonyl (C=O) groups excluding carboxylic acids is 1. The number of amides is 1. The number of nitrogens with zero attached hydrogens (tertiary/aromatic N) is 1. The zero-order valence-corrected chi connectivity index (χ0v) is 12.5. The number of carboxylic acid groups (broad SMARTS) is 1. The van der Waals surface area contributed by atoms with Crippen molar-refractivity contribution in [1.82, 2.24) is 9.62 Å². The molecule has 1 heterocycles. The number of carbonyl (C=O) groups is 2. The van der Waals surface area contributed by atoms with Gasteiger partial charge in [0.2, 0.25) is 15.9 Å². The molecular formula is C13H16N2O5S. The van der Waals surface area contributed by atoms with Crippen LogP contribution in [0.15, 0.2) is 29.2 Å². The molecule has 0 spiro atoms. The molecule has 2 N–H and O–H groups in total. The van der Waals surface area contributed by atoms with Crippen molar-refractivity contribution in [2.45, 2.75) is 24.3 Å². The molecule has 0 aromatic heterocycles. The van der Waals surface area contributed by atoms with E-state index >= 15 is 0 Å². The lowest BCUT2D eigenvalue weighted by molar-refractivity contribution is -0.131. The summed E-state index contributed by atoms with van der Waals surface area (Å²) >= 11 is 0. The summed E-state index contributed by atoms with van der Waals surface area (Å²) in [6, 6.07) is 5.38. The molecule has 1 aliphatic heterocycles. The summed E-state index contributed by atoms with van der Waals surface area (Å²) in [5, 5.41) is 11.7. The molecule has 1 aliphatic rings. The largest absolute Gasteiger partial charge is 0.478 e. The van der Waals surface area contributed by atoms with Crippen molar-refractivity contribution in [2.24, 2.45) is 0 Å². The van der Waals surface area contributed by atoms with Crippen molar-refractivity contribution in [3.05, 3.63) is 29.8 Å². The summed E-state index contributed by atoms with van der Waals surface area (Å²) < 4.78 is 26.6. The Morgan fingerprint density at radius 3 is 2.57 bits per heavy atom. The van der Waals surface area contributed by atoms with Gasteiger partial charge >= 0.3 is 5.97 Å². The van der Waals surface area contributed by atoms with Crippen molar-refractivity contribution in [2.75, 3.05) is 13.1 Å². The zero-order chi connectivity index (χ0) is 15.8. The van der Waals surface area contributed by atoms with E-state index in [2.05, 4.69) is 5.32 Å². The van der Waals surface area contributed by atoms with Gasteiger partial charge in [-0.15, -0.1) is 0 Å². The van der Waals surface area contributed by atoms with Gasteiger partial charge < -0.3 is 10.4 Å². The van der Waals surface area contributed by atoms with Gasteiger partial charge in [0.15, 0.2) is 0 Å². The maximum atomic E-state index is 12.8. The second-order valence-corrected chi connectivity index (χ2v) is 7.02. The first-order valence-corrected chi connectivity index (χ1v) is 7.76. The summed E-state index contributed by atoms with van der Waals surface area (Å²) in [5.41, 5.74) is -1.58. The third-order valence-corrected chi connectivity index (χ3v) is 5.60. The molecule has 7 nitrogen and oxygen atoms in total. The van der Waals surface area contributed by atoms with Crippen LogP contribution in [0.1, 0.15) is 24.2 Å². The first kappa shape index (κ1) is 15.5. The number of hydrogen-bond acceptors (Lipinski definition) is 4. The Hall–Kier alpha value is -1.93. The van der Waals surface area contributed by atoms with E-state index in [9.17, 15) is 18.0 Å². The number of rotatable bonds is 3. The first-order chi connectivity index (χ1) is 9.69. The van der Waals surface area contributed by atoms with Crippen molar-refractivity contribution < 1.29 is 23.1 Å². The zero-order valence-electron chi connectivity index (χ0n) is 11.7. The average molecular weight is 312 g/mol. The van der Waals surface area contributed by atoms with Crippen LogP contribution in [-0.2, 0) is 14.8 Å². The topological polar surface area (TPSA) is 104 Å². The number of sulfonamides is 1. The lowest BCUT2D eigenvalue weighted by Gasteiger charge is -2.40. The van der Waals surface area contributed by atoms with Crippen molar-refractivity contribution >= 4 is 21.9 Å². The molecular weight excluding hydrogens is 296 g/mol. The standard InChI is InChI=1S/C13H16N2O5S/c1-13(2)12(18)14-7-8-15(13)21(19,20)10-6-4-3-5-9(10)11(16)17/h3-6H,7-8H2,1-2H3,(H,14,18)(H,16,17). The van der Waals surface area contributed by atoms with Gasteiger partial charge in [0, 0.05) is 13.1 Å². The summed E-state index contributed by atoms with van der Waals surface area (Å²) in [7, 11) is -4.09. The van der Waals surface area contributed by atoms with E-state index in [4.69, 9.17) is 5.11 Å². The number of nitrogens with one attached hydrogen (secondary N) is 1. The monoisotopic (exact) mass is 312 g/mol. The van der Waals surface area contributed by atoms with E-state index in [-0.39, 0.29) is 23.5 Å². The molecule has 21 heavy (non-hydrogen) atoms. The quantitative estimate of drug-likeness (QED) is 0.834. The highest BCUT2D eigenvalue weighted by molar-refractivity contribution is 7.89. The van der Waals surface area contributed by atoms with Crippen LogP contribution in [-0.4, -0.2) is 48.3 Å². The molecule has 8 heteroatoms. The van der Waals surface area contributed by atoms with Crippen LogP contribution in [0.25, 0.3) is 0 Å². The molecule has 1 aromatic carbocycles. The smallest absolute Gasteiger partial charge is 0.337 e. The van der Waals surface area contributed by atoms with Gasteiger partial charge in [0.25, 0.3) is 0 Å². The summed E-state index contributed by atoms with van der Waals surface area (Å²) in [5.74, 6) is -1.74. The summed E-state index contributed by atoms with van der Waals surface area (Å²) in [6.45, 7) is 3.26. The maximum Gasteiger partial charge on any atom is 0.337 e. The molecule has 0 atom stereocenters. The van der Waals surface area contributed by atoms with Crippen LogP contribution in [0, 0.1) is 0 Å². The number of hydrogen-bond donors (Lipinski definition) is 2. The van der Waals surface area contributed by atoms with Gasteiger partial charge in [0.05, 0.1) is 10.5 Å². The molecule has 2 rings (SSSR count). The van der Waals surface area contributed by atoms with Crippen LogP contribution in [0.4, 0.5) is 0 Å². The Labute approximate surface area is 122 Å². The molecule has 1 saturated heterocycles. The fraction of sp³-hybridized carbons (Fsp3) is 0.385. The fourth-order valence-electron chi connectivity index (χ4n) is 2.29. The van der Waals surface area contributed by atoms with Gasteiger partial charge in [-0.3, -0.25) is 4.79 Å². The summed E-state index contributed by atoms with van der Waals surface area (Å²) in [4.78, 5) is 22.8. The molecule has 0 unspecified atom stereocenters. The van der Waals surface area contributed by atoms with E-state index in [0.717, 1.165) is 4.31 Å². The normalized spacial score (nSPS) is 19.0. The van der Waals surface area contributed by atoms with Crippen molar-refractivity contribution in [3.63, 3.8) is 0 Å². The average Bonchev–Trinajstić information content (AvgIpc) is 2.41. The van der Waals surface area contributed by atoms with Gasteiger partial charge in [-0.05, 0) is 26.0 Å². The highest BCUT2D eigenvalue weighted by Crippen LogP contribution is 2.28.